The maximum atomic E-state index is 13.8. The Morgan fingerprint density at radius 1 is 1.02 bits per heavy atom. The van der Waals surface area contributed by atoms with Crippen LogP contribution in [0.1, 0.15) is 55.7 Å². The van der Waals surface area contributed by atoms with Crippen molar-refractivity contribution in [3.8, 4) is 0 Å². The van der Waals surface area contributed by atoms with Gasteiger partial charge < -0.3 is 10.4 Å². The van der Waals surface area contributed by atoms with Crippen molar-refractivity contribution >= 4 is 23.3 Å². The van der Waals surface area contributed by atoms with Gasteiger partial charge in [-0.25, -0.2) is 4.79 Å². The van der Waals surface area contributed by atoms with Crippen LogP contribution < -0.4 is 5.32 Å². The first-order valence-corrected chi connectivity index (χ1v) is 14.5. The fourth-order valence-electron chi connectivity index (χ4n) is 5.36. The number of piperidine rings is 1. The first kappa shape index (κ1) is 30.5. The average Bonchev–Trinajstić information content (AvgIpc) is 3.02. The van der Waals surface area contributed by atoms with Crippen molar-refractivity contribution in [3.63, 3.8) is 0 Å². The number of hydrogen-bond donors (Lipinski definition) is 2. The number of carboxylic acids is 1. The largest absolute Gasteiger partial charge is 0.479 e. The zero-order valence-corrected chi connectivity index (χ0v) is 24.0. The van der Waals surface area contributed by atoms with E-state index >= 15 is 0 Å². The molecule has 1 fully saturated rings. The number of benzene rings is 3. The minimum absolute atomic E-state index is 0.0713. The summed E-state index contributed by atoms with van der Waals surface area (Å²) in [5.41, 5.74) is 10.8. The van der Waals surface area contributed by atoms with Gasteiger partial charge >= 0.3 is 5.97 Å². The fourth-order valence-corrected chi connectivity index (χ4v) is 5.36. The molecule has 3 aromatic rings. The van der Waals surface area contributed by atoms with Crippen LogP contribution in [0, 0.1) is 0 Å². The second-order valence-corrected chi connectivity index (χ2v) is 10.8. The van der Waals surface area contributed by atoms with E-state index in [0.29, 0.717) is 23.4 Å². The zero-order chi connectivity index (χ0) is 29.8. The topological polar surface area (TPSA) is 131 Å². The average molecular weight is 567 g/mol. The summed E-state index contributed by atoms with van der Waals surface area (Å²) in [4.78, 5) is 36.1. The summed E-state index contributed by atoms with van der Waals surface area (Å²) < 4.78 is 0. The number of carboxylic acid groups (broad SMARTS) is 1. The van der Waals surface area contributed by atoms with Crippen LogP contribution in [0.4, 0.5) is 5.69 Å². The molecule has 9 heteroatoms. The molecule has 42 heavy (non-hydrogen) atoms. The van der Waals surface area contributed by atoms with Crippen LogP contribution in [0.2, 0.25) is 0 Å². The number of rotatable bonds is 13. The Morgan fingerprint density at radius 2 is 1.71 bits per heavy atom. The minimum Gasteiger partial charge on any atom is -0.479 e. The number of aliphatic carboxylic acids is 1. The van der Waals surface area contributed by atoms with Gasteiger partial charge in [0.1, 0.15) is 0 Å². The molecule has 1 aliphatic rings. The molecule has 2 atom stereocenters. The lowest BCUT2D eigenvalue weighted by Crippen LogP contribution is -2.48. The molecule has 9 nitrogen and oxygen atoms in total. The lowest BCUT2D eigenvalue weighted by Gasteiger charge is -2.35. The molecule has 1 unspecified atom stereocenters. The number of para-hydroxylation sites is 1. The van der Waals surface area contributed by atoms with E-state index in [2.05, 4.69) is 32.4 Å². The van der Waals surface area contributed by atoms with E-state index in [1.807, 2.05) is 72.8 Å². The summed E-state index contributed by atoms with van der Waals surface area (Å²) in [6, 6.07) is 26.9. The zero-order valence-electron chi connectivity index (χ0n) is 24.0. The van der Waals surface area contributed by atoms with E-state index in [0.717, 1.165) is 44.3 Å². The van der Waals surface area contributed by atoms with Crippen molar-refractivity contribution in [3.05, 3.63) is 112 Å². The van der Waals surface area contributed by atoms with Gasteiger partial charge in [0.2, 0.25) is 5.91 Å². The Kier molecular flexibility index (Phi) is 10.9. The van der Waals surface area contributed by atoms with Crippen LogP contribution in [0.25, 0.3) is 10.4 Å². The third kappa shape index (κ3) is 8.06. The van der Waals surface area contributed by atoms with Gasteiger partial charge in [0, 0.05) is 29.1 Å². The molecule has 1 saturated heterocycles. The molecule has 0 spiro atoms. The van der Waals surface area contributed by atoms with Crippen molar-refractivity contribution in [1.29, 1.82) is 0 Å². The number of likely N-dealkylation sites (tertiary alicyclic amines) is 1. The Bertz CT molecular complexity index is 1420. The summed E-state index contributed by atoms with van der Waals surface area (Å²) in [6.07, 6.45) is 4.27. The molecule has 1 aliphatic heterocycles. The molecule has 0 bridgehead atoms. The highest BCUT2D eigenvalue weighted by Crippen LogP contribution is 2.27. The monoisotopic (exact) mass is 566 g/mol. The molecule has 4 rings (SSSR count). The molecule has 3 aromatic carbocycles. The van der Waals surface area contributed by atoms with Crippen molar-refractivity contribution in [2.45, 2.75) is 57.0 Å². The summed E-state index contributed by atoms with van der Waals surface area (Å²) >= 11 is 0. The summed E-state index contributed by atoms with van der Waals surface area (Å²) in [7, 11) is 0. The van der Waals surface area contributed by atoms with Crippen molar-refractivity contribution in [2.75, 3.05) is 25.0 Å². The highest BCUT2D eigenvalue weighted by molar-refractivity contribution is 6.18. The SMILES string of the molecule is C[C@@](CCCN=[N+]=[N-])(N=C(c1ccccc1)c1ccccc1NC(=O)C1CCCCN1CCc1ccccc1)C(=O)O. The van der Waals surface area contributed by atoms with Gasteiger partial charge in [-0.1, -0.05) is 90.4 Å². The molecule has 218 valence electrons. The smallest absolute Gasteiger partial charge is 0.331 e. The second kappa shape index (κ2) is 15.0. The van der Waals surface area contributed by atoms with Gasteiger partial charge in [-0.05, 0) is 62.7 Å². The number of nitrogens with one attached hydrogen (secondary N) is 1. The number of carbonyl (C=O) groups is 2. The summed E-state index contributed by atoms with van der Waals surface area (Å²) in [5.74, 6) is -1.15. The highest BCUT2D eigenvalue weighted by Gasteiger charge is 2.34. The third-order valence-corrected chi connectivity index (χ3v) is 7.74. The lowest BCUT2D eigenvalue weighted by molar-refractivity contribution is -0.142. The maximum Gasteiger partial charge on any atom is 0.331 e. The number of carbonyl (C=O) groups excluding carboxylic acids is 1. The number of amides is 1. The van der Waals surface area contributed by atoms with Crippen LogP contribution in [0.5, 0.6) is 0 Å². The number of azide groups is 1. The van der Waals surface area contributed by atoms with E-state index in [-0.39, 0.29) is 24.9 Å². The highest BCUT2D eigenvalue weighted by atomic mass is 16.4. The predicted molar refractivity (Wildman–Crippen MR) is 166 cm³/mol. The van der Waals surface area contributed by atoms with Gasteiger partial charge in [-0.3, -0.25) is 14.7 Å². The van der Waals surface area contributed by atoms with Gasteiger partial charge in [-0.2, -0.15) is 0 Å². The Balaban J connectivity index is 1.63. The molecule has 2 N–H and O–H groups in total. The molecule has 0 aliphatic carbocycles. The van der Waals surface area contributed by atoms with Gasteiger partial charge in [-0.15, -0.1) is 0 Å². The Hall–Kier alpha value is -4.46. The summed E-state index contributed by atoms with van der Waals surface area (Å²) in [5, 5.41) is 16.9. The second-order valence-electron chi connectivity index (χ2n) is 10.8. The molecular weight excluding hydrogens is 528 g/mol. The standard InChI is InChI=1S/C33H38N6O3/c1-33(32(41)42,21-12-22-35-38-34)37-30(26-15-6-3-7-16-26)27-17-8-9-18-28(27)36-31(40)29-19-10-11-23-39(29)24-20-25-13-4-2-5-14-25/h2-9,13-18,29H,10-12,19-24H2,1H3,(H,36,40)(H,41,42)/t29?,33-/m0/s1. The van der Waals surface area contributed by atoms with Crippen molar-refractivity contribution in [2.24, 2.45) is 10.1 Å². The van der Waals surface area contributed by atoms with Crippen LogP contribution in [0.3, 0.4) is 0 Å². The number of anilines is 1. The van der Waals surface area contributed by atoms with E-state index in [9.17, 15) is 14.7 Å². The predicted octanol–water partition coefficient (Wildman–Crippen LogP) is 6.49. The molecule has 1 amide bonds. The number of aliphatic imine (C=N–C) groups is 1. The number of hydrogen-bond acceptors (Lipinski definition) is 5. The van der Waals surface area contributed by atoms with E-state index in [1.54, 1.807) is 6.92 Å². The first-order chi connectivity index (χ1) is 20.4. The van der Waals surface area contributed by atoms with Gasteiger partial charge in [0.25, 0.3) is 0 Å². The Morgan fingerprint density at radius 3 is 2.43 bits per heavy atom. The van der Waals surface area contributed by atoms with E-state index in [4.69, 9.17) is 10.5 Å². The van der Waals surface area contributed by atoms with Crippen LogP contribution >= 0.6 is 0 Å². The van der Waals surface area contributed by atoms with Crippen molar-refractivity contribution < 1.29 is 14.7 Å². The van der Waals surface area contributed by atoms with E-state index < -0.39 is 11.5 Å². The van der Waals surface area contributed by atoms with Crippen LogP contribution in [0.15, 0.2) is 95.0 Å². The van der Waals surface area contributed by atoms with Crippen molar-refractivity contribution in [1.82, 2.24) is 4.90 Å². The van der Waals surface area contributed by atoms with E-state index in [1.165, 1.54) is 5.56 Å². The number of nitrogens with zero attached hydrogens (tertiary/aromatic N) is 5. The normalized spacial score (nSPS) is 17.1. The van der Waals surface area contributed by atoms with Gasteiger partial charge in [0.15, 0.2) is 5.54 Å². The lowest BCUT2D eigenvalue weighted by atomic mass is 9.93. The fraction of sp³-hybridized carbons (Fsp3) is 0.364. The maximum absolute atomic E-state index is 13.8. The summed E-state index contributed by atoms with van der Waals surface area (Å²) in [6.45, 7) is 3.43. The minimum atomic E-state index is -1.47. The van der Waals surface area contributed by atoms with Crippen LogP contribution in [-0.2, 0) is 16.0 Å². The first-order valence-electron chi connectivity index (χ1n) is 14.5. The van der Waals surface area contributed by atoms with Crippen LogP contribution in [-0.4, -0.2) is 58.8 Å². The third-order valence-electron chi connectivity index (χ3n) is 7.74. The molecule has 0 radical (unpaired) electrons. The molecule has 1 heterocycles. The quantitative estimate of drug-likeness (QED) is 0.0804. The molecular formula is C33H38N6O3. The molecule has 0 saturated carbocycles. The molecule has 0 aromatic heterocycles. The van der Waals surface area contributed by atoms with Gasteiger partial charge in [0.05, 0.1) is 17.4 Å². The Labute approximate surface area is 246 Å².